The van der Waals surface area contributed by atoms with Crippen LogP contribution in [-0.2, 0) is 33.8 Å². The van der Waals surface area contributed by atoms with Crippen molar-refractivity contribution in [2.24, 2.45) is 0 Å². The number of carbonyl (C=O) groups is 1. The highest BCUT2D eigenvalue weighted by Crippen LogP contribution is 2.44. The Morgan fingerprint density at radius 3 is 1.02 bits per heavy atom. The van der Waals surface area contributed by atoms with Gasteiger partial charge in [0.15, 0.2) is 5.60 Å². The van der Waals surface area contributed by atoms with Gasteiger partial charge in [0.05, 0.1) is 35.6 Å². The lowest BCUT2D eigenvalue weighted by atomic mass is 9.77. The van der Waals surface area contributed by atoms with E-state index in [0.717, 1.165) is 55.2 Å². The van der Waals surface area contributed by atoms with Gasteiger partial charge in [0.25, 0.3) is 0 Å². The van der Waals surface area contributed by atoms with Crippen molar-refractivity contribution in [3.63, 3.8) is 0 Å². The van der Waals surface area contributed by atoms with E-state index in [1.165, 1.54) is 0 Å². The van der Waals surface area contributed by atoms with Crippen molar-refractivity contribution >= 4 is 27.8 Å². The number of aliphatic hydroxyl groups excluding tert-OH is 1. The molecule has 66 heavy (non-hydrogen) atoms. The fourth-order valence-corrected chi connectivity index (χ4v) is 9.12. The van der Waals surface area contributed by atoms with Crippen LogP contribution in [0.4, 0.5) is 0 Å². The van der Waals surface area contributed by atoms with Gasteiger partial charge in [0, 0.05) is 10.8 Å². The molecule has 2 heterocycles. The summed E-state index contributed by atoms with van der Waals surface area (Å²) in [6.07, 6.45) is 0. The molecule has 10 aromatic rings. The zero-order chi connectivity index (χ0) is 45.6. The van der Waals surface area contributed by atoms with Crippen LogP contribution in [-0.4, -0.2) is 41.3 Å². The lowest BCUT2D eigenvalue weighted by Gasteiger charge is -2.37. The summed E-state index contributed by atoms with van der Waals surface area (Å²) in [4.78, 5) is 11.7. The highest BCUT2D eigenvalue weighted by Gasteiger charge is 2.42. The van der Waals surface area contributed by atoms with E-state index >= 15 is 0 Å². The Bertz CT molecular complexity index is 2980. The van der Waals surface area contributed by atoms with Crippen molar-refractivity contribution in [3.05, 3.63) is 275 Å². The van der Waals surface area contributed by atoms with E-state index in [9.17, 15) is 15.0 Å². The van der Waals surface area contributed by atoms with E-state index in [4.69, 9.17) is 14.9 Å². The van der Waals surface area contributed by atoms with Crippen molar-refractivity contribution < 1.29 is 19.7 Å². The molecule has 0 radical (unpaired) electrons. The van der Waals surface area contributed by atoms with Crippen molar-refractivity contribution in [1.29, 1.82) is 0 Å². The van der Waals surface area contributed by atoms with Crippen LogP contribution >= 0.6 is 0 Å². The molecular formula is C58H50N4O4. The van der Waals surface area contributed by atoms with Gasteiger partial charge in [-0.2, -0.15) is 10.2 Å². The predicted molar refractivity (Wildman–Crippen MR) is 261 cm³/mol. The molecule has 8 aromatic carbocycles. The zero-order valence-electron chi connectivity index (χ0n) is 36.9. The summed E-state index contributed by atoms with van der Waals surface area (Å²) >= 11 is 0. The molecule has 0 spiro atoms. The summed E-state index contributed by atoms with van der Waals surface area (Å²) in [5.74, 6) is -1.02. The van der Waals surface area contributed by atoms with Crippen LogP contribution in [0.5, 0.6) is 0 Å². The lowest BCUT2D eigenvalue weighted by molar-refractivity contribution is -0.162. The van der Waals surface area contributed by atoms with Crippen molar-refractivity contribution in [2.75, 3.05) is 0 Å². The summed E-state index contributed by atoms with van der Waals surface area (Å²) in [6, 6.07) is 78.6. The standard InChI is InChI=1S/C31H28N2O3.C27H22N2O/c1-30(2,29(34)35)36-22-27-26-20-12-13-21-28(26)33(32-27)31(23-14-6-3-7-15-23,24-16-8-4-9-17-24)25-18-10-5-11-19-25;30-20-25-24-18-10-11-19-26(24)29(28-25)27(21-12-4-1-5-13-21,22-14-6-2-7-15-22)23-16-8-3-9-17-23/h3-21H,22H2,1-2H3,(H,34,35);1-19,30H,20H2. The van der Waals surface area contributed by atoms with Gasteiger partial charge in [-0.15, -0.1) is 0 Å². The first-order valence-electron chi connectivity index (χ1n) is 22.1. The smallest absolute Gasteiger partial charge is 0.335 e. The lowest BCUT2D eigenvalue weighted by Crippen LogP contribution is -2.38. The first-order chi connectivity index (χ1) is 32.3. The van der Waals surface area contributed by atoms with Crippen molar-refractivity contribution in [2.45, 2.75) is 43.7 Å². The largest absolute Gasteiger partial charge is 0.479 e. The van der Waals surface area contributed by atoms with Gasteiger partial charge in [-0.1, -0.05) is 218 Å². The van der Waals surface area contributed by atoms with Gasteiger partial charge in [-0.25, -0.2) is 14.2 Å². The number of aliphatic carboxylic acids is 1. The number of benzene rings is 8. The molecule has 8 nitrogen and oxygen atoms in total. The second-order valence-electron chi connectivity index (χ2n) is 16.6. The molecule has 0 saturated heterocycles. The number of ether oxygens (including phenoxy) is 1. The number of carboxylic acids is 1. The summed E-state index contributed by atoms with van der Waals surface area (Å²) < 4.78 is 9.99. The Labute approximate surface area is 384 Å². The molecule has 2 aromatic heterocycles. The molecule has 0 amide bonds. The summed E-state index contributed by atoms with van der Waals surface area (Å²) in [6.45, 7) is 3.07. The second-order valence-corrected chi connectivity index (χ2v) is 16.6. The van der Waals surface area contributed by atoms with E-state index in [0.29, 0.717) is 11.4 Å². The van der Waals surface area contributed by atoms with Crippen molar-refractivity contribution in [3.8, 4) is 0 Å². The maximum atomic E-state index is 11.7. The molecule has 0 atom stereocenters. The summed E-state index contributed by atoms with van der Waals surface area (Å²) in [5.41, 5.74) is 7.02. The highest BCUT2D eigenvalue weighted by atomic mass is 16.5. The van der Waals surface area contributed by atoms with E-state index in [1.807, 2.05) is 109 Å². The number of aromatic nitrogens is 4. The van der Waals surface area contributed by atoms with Gasteiger partial charge >= 0.3 is 5.97 Å². The predicted octanol–water partition coefficient (Wildman–Crippen LogP) is 11.6. The number of hydrogen-bond acceptors (Lipinski definition) is 5. The monoisotopic (exact) mass is 866 g/mol. The Kier molecular flexibility index (Phi) is 12.3. The number of aliphatic hydroxyl groups is 1. The minimum absolute atomic E-state index is 0.0707. The molecule has 2 N–H and O–H groups in total. The van der Waals surface area contributed by atoms with Crippen molar-refractivity contribution in [1.82, 2.24) is 19.6 Å². The third-order valence-corrected chi connectivity index (χ3v) is 12.3. The minimum Gasteiger partial charge on any atom is -0.479 e. The van der Waals surface area contributed by atoms with Gasteiger partial charge < -0.3 is 14.9 Å². The van der Waals surface area contributed by atoms with E-state index in [1.54, 1.807) is 13.8 Å². The number of rotatable bonds is 13. The fraction of sp³-hybridized carbons (Fsp3) is 0.121. The Morgan fingerprint density at radius 1 is 0.439 bits per heavy atom. The van der Waals surface area contributed by atoms with E-state index in [-0.39, 0.29) is 13.2 Å². The third kappa shape index (κ3) is 7.76. The van der Waals surface area contributed by atoms with Gasteiger partial charge in [0.1, 0.15) is 11.1 Å². The number of nitrogens with zero attached hydrogens (tertiary/aromatic N) is 4. The molecule has 0 aliphatic rings. The van der Waals surface area contributed by atoms with Crippen LogP contribution in [0.2, 0.25) is 0 Å². The van der Waals surface area contributed by atoms with Crippen LogP contribution in [0.3, 0.4) is 0 Å². The molecule has 10 rings (SSSR count). The van der Waals surface area contributed by atoms with E-state index in [2.05, 4.69) is 131 Å². The Hall–Kier alpha value is -7.91. The number of fused-ring (bicyclic) bond motifs is 2. The zero-order valence-corrected chi connectivity index (χ0v) is 36.9. The van der Waals surface area contributed by atoms with Gasteiger partial charge in [-0.05, 0) is 59.4 Å². The van der Waals surface area contributed by atoms with Gasteiger partial charge in [-0.3, -0.25) is 0 Å². The van der Waals surface area contributed by atoms with E-state index < -0.39 is 22.6 Å². The highest BCUT2D eigenvalue weighted by molar-refractivity contribution is 5.84. The van der Waals surface area contributed by atoms with Crippen LogP contribution in [0, 0.1) is 0 Å². The average Bonchev–Trinajstić information content (AvgIpc) is 3.95. The first-order valence-corrected chi connectivity index (χ1v) is 22.1. The quantitative estimate of drug-likeness (QED) is 0.112. The van der Waals surface area contributed by atoms with Crippen LogP contribution in [0.25, 0.3) is 21.8 Å². The molecule has 0 bridgehead atoms. The number of hydrogen-bond donors (Lipinski definition) is 2. The minimum atomic E-state index is -1.33. The molecule has 0 aliphatic carbocycles. The van der Waals surface area contributed by atoms with Crippen LogP contribution in [0.15, 0.2) is 231 Å². The first kappa shape index (κ1) is 43.3. The molecule has 0 aliphatic heterocycles. The average molecular weight is 867 g/mol. The molecule has 326 valence electrons. The maximum Gasteiger partial charge on any atom is 0.335 e. The maximum absolute atomic E-state index is 11.7. The van der Waals surface area contributed by atoms with Gasteiger partial charge in [0.2, 0.25) is 0 Å². The molecule has 8 heteroatoms. The number of carboxylic acid groups (broad SMARTS) is 1. The fourth-order valence-electron chi connectivity index (χ4n) is 9.12. The number of para-hydroxylation sites is 2. The topological polar surface area (TPSA) is 102 Å². The molecular weight excluding hydrogens is 817 g/mol. The molecule has 0 fully saturated rings. The normalized spacial score (nSPS) is 11.9. The Morgan fingerprint density at radius 2 is 0.712 bits per heavy atom. The molecule has 0 saturated carbocycles. The summed E-state index contributed by atoms with van der Waals surface area (Å²) in [7, 11) is 0. The van der Waals surface area contributed by atoms with Crippen LogP contribution in [0.1, 0.15) is 58.6 Å². The van der Waals surface area contributed by atoms with Crippen LogP contribution < -0.4 is 0 Å². The SMILES string of the molecule is CC(C)(OCc1nn(C(c2ccccc2)(c2ccccc2)c2ccccc2)c2ccccc12)C(=O)O.OCc1nn(C(c2ccccc2)(c2ccccc2)c2ccccc2)c2ccccc12. The Balaban J connectivity index is 0.000000169. The third-order valence-electron chi connectivity index (χ3n) is 12.3. The second kappa shape index (κ2) is 18.7. The summed E-state index contributed by atoms with van der Waals surface area (Å²) in [5, 5.41) is 31.6. The molecule has 0 unspecified atom stereocenters.